The Hall–Kier alpha value is 0.01000. The largest absolute Gasteiger partial charge is 0.319 e. The van der Waals surface area contributed by atoms with E-state index in [1.165, 1.54) is 4.90 Å². The maximum absolute atomic E-state index is 5.76. The number of hydrogen-bond donors (Lipinski definition) is 1. The second kappa shape index (κ2) is 2.57. The fourth-order valence-electron chi connectivity index (χ4n) is 0.765. The van der Waals surface area contributed by atoms with Crippen molar-refractivity contribution in [3.63, 3.8) is 0 Å². The maximum atomic E-state index is 5.76. The van der Waals surface area contributed by atoms with Gasteiger partial charge in [-0.1, -0.05) is 11.6 Å². The van der Waals surface area contributed by atoms with E-state index in [0.717, 1.165) is 10.7 Å². The van der Waals surface area contributed by atoms with Crippen molar-refractivity contribution in [1.82, 2.24) is 0 Å². The van der Waals surface area contributed by atoms with Gasteiger partial charge in [-0.05, 0) is 29.0 Å². The molecule has 1 aromatic rings. The molecule has 1 N–H and O–H groups in total. The third-order valence-corrected chi connectivity index (χ3v) is 3.42. The molecule has 10 heavy (non-hydrogen) atoms. The Morgan fingerprint density at radius 1 is 1.40 bits per heavy atom. The lowest BCUT2D eigenvalue weighted by molar-refractivity contribution is 1.48. The van der Waals surface area contributed by atoms with Crippen LogP contribution in [0.4, 0.5) is 5.69 Å². The highest BCUT2D eigenvalue weighted by Crippen LogP contribution is 2.44. The highest BCUT2D eigenvalue weighted by Gasteiger charge is 2.10. The number of fused-ring (bicyclic) bond motifs is 1. The van der Waals surface area contributed by atoms with Crippen molar-refractivity contribution in [1.29, 1.82) is 0 Å². The van der Waals surface area contributed by atoms with Crippen molar-refractivity contribution in [2.24, 2.45) is 0 Å². The van der Waals surface area contributed by atoms with Gasteiger partial charge in [-0.25, -0.2) is 0 Å². The molecule has 2 rings (SSSR count). The Bertz CT molecular complexity index is 264. The van der Waals surface area contributed by atoms with E-state index in [-0.39, 0.29) is 0 Å². The number of benzene rings is 1. The summed E-state index contributed by atoms with van der Waals surface area (Å²) in [6, 6.07) is 5.86. The first-order chi connectivity index (χ1) is 4.86. The third kappa shape index (κ3) is 1.09. The van der Waals surface area contributed by atoms with Gasteiger partial charge in [0.05, 0.1) is 5.69 Å². The van der Waals surface area contributed by atoms with Crippen molar-refractivity contribution in [3.8, 4) is 0 Å². The molecule has 4 heteroatoms. The average molecular weight is 190 g/mol. The third-order valence-electron chi connectivity index (χ3n) is 1.22. The first-order valence-corrected chi connectivity index (χ1v) is 5.28. The van der Waals surface area contributed by atoms with Crippen LogP contribution in [0, 0.1) is 0 Å². The molecule has 0 amide bonds. The number of anilines is 1. The minimum absolute atomic E-state index is 0.786. The van der Waals surface area contributed by atoms with Crippen LogP contribution in [0.2, 0.25) is 5.02 Å². The second-order valence-electron chi connectivity index (χ2n) is 1.91. The van der Waals surface area contributed by atoms with Crippen LogP contribution in [0.3, 0.4) is 0 Å². The molecule has 0 saturated carbocycles. The fourth-order valence-corrected chi connectivity index (χ4v) is 2.82. The molecular formula is C6H4ClNS2. The summed E-state index contributed by atoms with van der Waals surface area (Å²) in [5.41, 5.74) is 1.13. The van der Waals surface area contributed by atoms with Crippen LogP contribution in [0.25, 0.3) is 0 Å². The van der Waals surface area contributed by atoms with Crippen molar-refractivity contribution in [2.45, 2.75) is 4.90 Å². The van der Waals surface area contributed by atoms with Gasteiger partial charge < -0.3 is 4.72 Å². The molecule has 0 aliphatic carbocycles. The maximum Gasteiger partial charge on any atom is 0.0608 e. The van der Waals surface area contributed by atoms with E-state index in [9.17, 15) is 0 Å². The molecule has 1 aliphatic rings. The summed E-state index contributed by atoms with van der Waals surface area (Å²) in [6.07, 6.45) is 0. The lowest BCUT2D eigenvalue weighted by Crippen LogP contribution is -1.77. The van der Waals surface area contributed by atoms with Crippen LogP contribution in [0.15, 0.2) is 23.1 Å². The quantitative estimate of drug-likeness (QED) is 0.496. The smallest absolute Gasteiger partial charge is 0.0608 e. The predicted molar refractivity (Wildman–Crippen MR) is 48.5 cm³/mol. The molecule has 0 radical (unpaired) electrons. The van der Waals surface area contributed by atoms with Gasteiger partial charge in [0.25, 0.3) is 0 Å². The Morgan fingerprint density at radius 3 is 3.20 bits per heavy atom. The molecule has 0 bridgehead atoms. The normalized spacial score (nSPS) is 14.5. The Morgan fingerprint density at radius 2 is 2.30 bits per heavy atom. The van der Waals surface area contributed by atoms with Crippen LogP contribution >= 0.6 is 33.4 Å². The molecule has 0 spiro atoms. The van der Waals surface area contributed by atoms with Crippen LogP contribution < -0.4 is 4.72 Å². The lowest BCUT2D eigenvalue weighted by Gasteiger charge is -1.95. The van der Waals surface area contributed by atoms with Gasteiger partial charge in [0.15, 0.2) is 0 Å². The molecule has 1 aliphatic heterocycles. The van der Waals surface area contributed by atoms with Gasteiger partial charge in [0.1, 0.15) is 0 Å². The summed E-state index contributed by atoms with van der Waals surface area (Å²) >= 11 is 5.76. The topological polar surface area (TPSA) is 12.0 Å². The van der Waals surface area contributed by atoms with Crippen LogP contribution in [0.5, 0.6) is 0 Å². The molecule has 1 heterocycles. The molecule has 52 valence electrons. The number of hydrogen-bond acceptors (Lipinski definition) is 3. The summed E-state index contributed by atoms with van der Waals surface area (Å²) in [5.74, 6) is 0. The van der Waals surface area contributed by atoms with Crippen LogP contribution in [0.1, 0.15) is 0 Å². The summed E-state index contributed by atoms with van der Waals surface area (Å²) in [4.78, 5) is 1.26. The van der Waals surface area contributed by atoms with E-state index in [4.69, 9.17) is 11.6 Å². The van der Waals surface area contributed by atoms with Crippen molar-refractivity contribution in [2.75, 3.05) is 4.72 Å². The van der Waals surface area contributed by atoms with Gasteiger partial charge >= 0.3 is 0 Å². The van der Waals surface area contributed by atoms with Gasteiger partial charge in [-0.2, -0.15) is 0 Å². The predicted octanol–water partition coefficient (Wildman–Crippen LogP) is 3.42. The van der Waals surface area contributed by atoms with Crippen LogP contribution in [-0.2, 0) is 0 Å². The van der Waals surface area contributed by atoms with Crippen molar-refractivity contribution >= 4 is 39.1 Å². The van der Waals surface area contributed by atoms with Gasteiger partial charge in [-0.3, -0.25) is 0 Å². The first kappa shape index (κ1) is 6.70. The van der Waals surface area contributed by atoms with E-state index in [1.54, 1.807) is 21.8 Å². The number of nitrogens with one attached hydrogen (secondary N) is 1. The monoisotopic (exact) mass is 189 g/mol. The van der Waals surface area contributed by atoms with E-state index >= 15 is 0 Å². The second-order valence-corrected chi connectivity index (χ2v) is 4.32. The minimum atomic E-state index is 0.786. The zero-order chi connectivity index (χ0) is 6.97. The van der Waals surface area contributed by atoms with Gasteiger partial charge in [0, 0.05) is 20.9 Å². The van der Waals surface area contributed by atoms with Crippen molar-refractivity contribution < 1.29 is 0 Å². The summed E-state index contributed by atoms with van der Waals surface area (Å²) in [6.45, 7) is 0. The molecule has 1 aromatic carbocycles. The molecule has 0 atom stereocenters. The standard InChI is InChI=1S/C6H4ClNS2/c7-4-1-2-6-5(3-4)8-10-9-6/h1-3,8H. The fraction of sp³-hybridized carbons (Fsp3) is 0. The average Bonchev–Trinajstić information content (AvgIpc) is 2.33. The molecule has 0 unspecified atom stereocenters. The molecule has 0 aromatic heterocycles. The highest BCUT2D eigenvalue weighted by atomic mass is 35.5. The number of rotatable bonds is 0. The first-order valence-electron chi connectivity index (χ1n) is 2.75. The SMILES string of the molecule is Clc1ccc2c(c1)NSS2. The zero-order valence-electron chi connectivity index (χ0n) is 4.93. The lowest BCUT2D eigenvalue weighted by atomic mass is 10.3. The van der Waals surface area contributed by atoms with E-state index < -0.39 is 0 Å². The summed E-state index contributed by atoms with van der Waals surface area (Å²) < 4.78 is 3.14. The van der Waals surface area contributed by atoms with Crippen LogP contribution in [-0.4, -0.2) is 0 Å². The highest BCUT2D eigenvalue weighted by molar-refractivity contribution is 8.77. The molecule has 0 saturated heterocycles. The number of halogens is 1. The minimum Gasteiger partial charge on any atom is -0.319 e. The summed E-state index contributed by atoms with van der Waals surface area (Å²) in [5, 5.41) is 0.786. The van der Waals surface area contributed by atoms with E-state index in [2.05, 4.69) is 4.72 Å². The Labute approximate surface area is 72.1 Å². The Balaban J connectivity index is 2.52. The van der Waals surface area contributed by atoms with Crippen molar-refractivity contribution in [3.05, 3.63) is 23.2 Å². The van der Waals surface area contributed by atoms with E-state index in [0.29, 0.717) is 0 Å². The van der Waals surface area contributed by atoms with Gasteiger partial charge in [0.2, 0.25) is 0 Å². The molecular weight excluding hydrogens is 186 g/mol. The molecule has 0 fully saturated rings. The Kier molecular flexibility index (Phi) is 1.72. The zero-order valence-corrected chi connectivity index (χ0v) is 7.32. The van der Waals surface area contributed by atoms with E-state index in [1.807, 2.05) is 18.2 Å². The van der Waals surface area contributed by atoms with Gasteiger partial charge in [-0.15, -0.1) is 0 Å². The molecule has 1 nitrogen and oxygen atoms in total. The summed E-state index contributed by atoms with van der Waals surface area (Å²) in [7, 11) is 3.34.